The SMILES string of the molecule is CN(C(=O)c1ccc(C#N)cc1)N1CCN(C(=O)C(C)(O)C(F)(F)F)CC1. The maximum absolute atomic E-state index is 12.8. The van der Waals surface area contributed by atoms with Gasteiger partial charge in [0.1, 0.15) is 0 Å². The normalized spacial score (nSPS) is 17.7. The van der Waals surface area contributed by atoms with E-state index in [4.69, 9.17) is 5.26 Å². The Morgan fingerprint density at radius 2 is 1.67 bits per heavy atom. The van der Waals surface area contributed by atoms with E-state index in [9.17, 15) is 27.9 Å². The lowest BCUT2D eigenvalue weighted by atomic mass is 10.0. The highest BCUT2D eigenvalue weighted by Crippen LogP contribution is 2.31. The van der Waals surface area contributed by atoms with Crippen molar-refractivity contribution in [2.24, 2.45) is 0 Å². The monoisotopic (exact) mass is 384 g/mol. The Morgan fingerprint density at radius 1 is 1.15 bits per heavy atom. The second kappa shape index (κ2) is 7.54. The molecule has 1 aliphatic rings. The molecule has 2 amide bonds. The minimum Gasteiger partial charge on any atom is -0.373 e. The first kappa shape index (κ1) is 20.7. The van der Waals surface area contributed by atoms with E-state index in [1.165, 1.54) is 36.3 Å². The Morgan fingerprint density at radius 3 is 2.11 bits per heavy atom. The third-order valence-corrected chi connectivity index (χ3v) is 4.49. The molecule has 0 aromatic heterocycles. The molecule has 27 heavy (non-hydrogen) atoms. The first-order valence-electron chi connectivity index (χ1n) is 8.10. The number of amides is 2. The van der Waals surface area contributed by atoms with Crippen LogP contribution in [-0.2, 0) is 4.79 Å². The van der Waals surface area contributed by atoms with Crippen LogP contribution in [0.3, 0.4) is 0 Å². The lowest BCUT2D eigenvalue weighted by Gasteiger charge is -2.41. The number of hydrogen-bond acceptors (Lipinski definition) is 5. The van der Waals surface area contributed by atoms with Crippen LogP contribution in [-0.4, -0.2) is 76.8 Å². The minimum atomic E-state index is -5.07. The number of piperazine rings is 1. The molecule has 0 bridgehead atoms. The summed E-state index contributed by atoms with van der Waals surface area (Å²) >= 11 is 0. The van der Waals surface area contributed by atoms with Crippen molar-refractivity contribution in [1.29, 1.82) is 5.26 Å². The number of halogens is 3. The number of nitriles is 1. The zero-order valence-electron chi connectivity index (χ0n) is 14.8. The van der Waals surface area contributed by atoms with Crippen LogP contribution in [0, 0.1) is 11.3 Å². The van der Waals surface area contributed by atoms with Gasteiger partial charge in [-0.2, -0.15) is 18.4 Å². The molecule has 146 valence electrons. The van der Waals surface area contributed by atoms with Crippen molar-refractivity contribution < 1.29 is 27.9 Å². The highest BCUT2D eigenvalue weighted by molar-refractivity contribution is 5.93. The molecule has 2 rings (SSSR count). The van der Waals surface area contributed by atoms with Gasteiger partial charge in [-0.25, -0.2) is 5.01 Å². The summed E-state index contributed by atoms with van der Waals surface area (Å²) in [6.07, 6.45) is -5.07. The third kappa shape index (κ3) is 4.20. The minimum absolute atomic E-state index is 0.0595. The van der Waals surface area contributed by atoms with Crippen LogP contribution < -0.4 is 0 Å². The second-order valence-corrected chi connectivity index (χ2v) is 6.33. The molecular formula is C17H19F3N4O3. The highest BCUT2D eigenvalue weighted by atomic mass is 19.4. The number of benzene rings is 1. The summed E-state index contributed by atoms with van der Waals surface area (Å²) in [6.45, 7) is 0.588. The van der Waals surface area contributed by atoms with Crippen molar-refractivity contribution in [3.05, 3.63) is 35.4 Å². The van der Waals surface area contributed by atoms with E-state index in [0.29, 0.717) is 18.1 Å². The molecule has 0 radical (unpaired) electrons. The first-order chi connectivity index (χ1) is 12.5. The molecule has 0 aliphatic carbocycles. The maximum Gasteiger partial charge on any atom is 0.426 e. The molecule has 1 aliphatic heterocycles. The van der Waals surface area contributed by atoms with E-state index in [1.807, 2.05) is 6.07 Å². The molecule has 0 spiro atoms. The molecule has 1 unspecified atom stereocenters. The van der Waals surface area contributed by atoms with Crippen LogP contribution in [0.1, 0.15) is 22.8 Å². The zero-order chi connectivity index (χ0) is 20.4. The number of carbonyl (C=O) groups is 2. The zero-order valence-corrected chi connectivity index (χ0v) is 14.8. The standard InChI is InChI=1S/C17H19F3N4O3/c1-16(27,17(18,19)20)15(26)23-7-9-24(10-8-23)22(2)14(25)13-5-3-12(11-21)4-6-13/h3-6,27H,7-10H2,1-2H3. The van der Waals surface area contributed by atoms with Crippen LogP contribution in [0.5, 0.6) is 0 Å². The van der Waals surface area contributed by atoms with E-state index in [2.05, 4.69) is 0 Å². The van der Waals surface area contributed by atoms with Gasteiger partial charge in [0, 0.05) is 38.8 Å². The van der Waals surface area contributed by atoms with Gasteiger partial charge >= 0.3 is 6.18 Å². The molecule has 1 saturated heterocycles. The van der Waals surface area contributed by atoms with Crippen LogP contribution in [0.2, 0.25) is 0 Å². The van der Waals surface area contributed by atoms with Crippen LogP contribution in [0.25, 0.3) is 0 Å². The molecule has 1 fully saturated rings. The van der Waals surface area contributed by atoms with E-state index >= 15 is 0 Å². The van der Waals surface area contributed by atoms with Gasteiger partial charge in [-0.05, 0) is 31.2 Å². The molecule has 1 atom stereocenters. The smallest absolute Gasteiger partial charge is 0.373 e. The predicted octanol–water partition coefficient (Wildman–Crippen LogP) is 1.00. The Balaban J connectivity index is 1.99. The summed E-state index contributed by atoms with van der Waals surface area (Å²) in [4.78, 5) is 25.4. The fraction of sp³-hybridized carbons (Fsp3) is 0.471. The Bertz CT molecular complexity index is 748. The van der Waals surface area contributed by atoms with E-state index in [-0.39, 0.29) is 32.1 Å². The van der Waals surface area contributed by atoms with Gasteiger partial charge in [-0.3, -0.25) is 14.6 Å². The van der Waals surface area contributed by atoms with E-state index in [0.717, 1.165) is 4.90 Å². The van der Waals surface area contributed by atoms with Gasteiger partial charge in [-0.15, -0.1) is 0 Å². The number of hydrogen-bond donors (Lipinski definition) is 1. The lowest BCUT2D eigenvalue weighted by molar-refractivity contribution is -0.251. The van der Waals surface area contributed by atoms with Crippen molar-refractivity contribution in [2.45, 2.75) is 18.7 Å². The molecule has 1 aromatic carbocycles. The second-order valence-electron chi connectivity index (χ2n) is 6.33. The Kier molecular flexibility index (Phi) is 5.77. The van der Waals surface area contributed by atoms with E-state index in [1.54, 1.807) is 5.01 Å². The number of nitrogens with zero attached hydrogens (tertiary/aromatic N) is 4. The average molecular weight is 384 g/mol. The predicted molar refractivity (Wildman–Crippen MR) is 88.1 cm³/mol. The van der Waals surface area contributed by atoms with Crippen molar-refractivity contribution in [1.82, 2.24) is 14.9 Å². The summed E-state index contributed by atoms with van der Waals surface area (Å²) < 4.78 is 38.4. The molecule has 1 heterocycles. The van der Waals surface area contributed by atoms with Gasteiger partial charge in [-0.1, -0.05) is 0 Å². The highest BCUT2D eigenvalue weighted by Gasteiger charge is 2.57. The number of rotatable bonds is 3. The average Bonchev–Trinajstić information content (AvgIpc) is 2.65. The number of carbonyl (C=O) groups excluding carboxylic acids is 2. The van der Waals surface area contributed by atoms with Crippen molar-refractivity contribution in [3.8, 4) is 6.07 Å². The summed E-state index contributed by atoms with van der Waals surface area (Å²) in [5, 5.41) is 21.2. The molecule has 0 saturated carbocycles. The summed E-state index contributed by atoms with van der Waals surface area (Å²) in [5.74, 6) is -1.75. The summed E-state index contributed by atoms with van der Waals surface area (Å²) in [5.41, 5.74) is -2.67. The number of alkyl halides is 3. The number of hydrazine groups is 1. The molecule has 7 nitrogen and oxygen atoms in total. The van der Waals surface area contributed by atoms with Gasteiger partial charge in [0.2, 0.25) is 5.60 Å². The molecule has 1 N–H and O–H groups in total. The molecule has 1 aromatic rings. The van der Waals surface area contributed by atoms with Crippen molar-refractivity contribution in [3.63, 3.8) is 0 Å². The maximum atomic E-state index is 12.8. The van der Waals surface area contributed by atoms with Crippen molar-refractivity contribution >= 4 is 11.8 Å². The Hall–Kier alpha value is -2.64. The number of aliphatic hydroxyl groups is 1. The van der Waals surface area contributed by atoms with Crippen molar-refractivity contribution in [2.75, 3.05) is 33.2 Å². The van der Waals surface area contributed by atoms with Crippen LogP contribution in [0.15, 0.2) is 24.3 Å². The topological polar surface area (TPSA) is 87.9 Å². The third-order valence-electron chi connectivity index (χ3n) is 4.49. The van der Waals surface area contributed by atoms with Crippen LogP contribution >= 0.6 is 0 Å². The lowest BCUT2D eigenvalue weighted by Crippen LogP contribution is -2.61. The van der Waals surface area contributed by atoms with Gasteiger partial charge < -0.3 is 10.0 Å². The first-order valence-corrected chi connectivity index (χ1v) is 8.10. The Labute approximate surface area is 154 Å². The fourth-order valence-corrected chi connectivity index (χ4v) is 2.63. The van der Waals surface area contributed by atoms with E-state index < -0.39 is 17.7 Å². The molecular weight excluding hydrogens is 365 g/mol. The van der Waals surface area contributed by atoms with Gasteiger partial charge in [0.15, 0.2) is 0 Å². The largest absolute Gasteiger partial charge is 0.426 e. The van der Waals surface area contributed by atoms with Crippen LogP contribution in [0.4, 0.5) is 13.2 Å². The quantitative estimate of drug-likeness (QED) is 0.840. The molecule has 10 heteroatoms. The summed E-state index contributed by atoms with van der Waals surface area (Å²) in [7, 11) is 1.52. The van der Waals surface area contributed by atoms with Gasteiger partial charge in [0.25, 0.3) is 11.8 Å². The van der Waals surface area contributed by atoms with Gasteiger partial charge in [0.05, 0.1) is 11.6 Å². The fourth-order valence-electron chi connectivity index (χ4n) is 2.63. The summed E-state index contributed by atoms with van der Waals surface area (Å²) in [6, 6.07) is 8.00.